The van der Waals surface area contributed by atoms with Crippen LogP contribution in [0.25, 0.3) is 0 Å². The van der Waals surface area contributed by atoms with Gasteiger partial charge in [0.1, 0.15) is 17.3 Å². The van der Waals surface area contributed by atoms with Gasteiger partial charge in [-0.15, -0.1) is 11.6 Å². The van der Waals surface area contributed by atoms with Crippen LogP contribution in [0.15, 0.2) is 22.8 Å². The van der Waals surface area contributed by atoms with E-state index in [-0.39, 0.29) is 78.9 Å². The zero-order chi connectivity index (χ0) is 37.3. The van der Waals surface area contributed by atoms with Gasteiger partial charge in [-0.1, -0.05) is 57.8 Å². The number of Topliss-reactive ketones (excluding diaryl/α,β-unsaturated/α-hetero) is 3. The number of fused-ring (bicyclic) bond motifs is 4. The van der Waals surface area contributed by atoms with Gasteiger partial charge in [0.05, 0.1) is 41.3 Å². The number of aliphatic hydroxyl groups is 2. The first-order chi connectivity index (χ1) is 23.3. The smallest absolute Gasteiger partial charge is 0.313 e. The van der Waals surface area contributed by atoms with Crippen molar-refractivity contribution in [3.05, 3.63) is 22.8 Å². The zero-order valence-electron chi connectivity index (χ0n) is 32.0. The van der Waals surface area contributed by atoms with E-state index in [1.54, 1.807) is 6.92 Å². The number of methoxy groups -OCH3 is 1. The Morgan fingerprint density at radius 3 is 2.32 bits per heavy atom. The first-order valence-electron chi connectivity index (χ1n) is 19.0. The molecule has 9 heteroatoms. The fraction of sp³-hybridized carbons (Fsp3) is 0.805. The van der Waals surface area contributed by atoms with E-state index in [0.29, 0.717) is 31.3 Å². The van der Waals surface area contributed by atoms with Gasteiger partial charge in [-0.3, -0.25) is 19.2 Å². The van der Waals surface area contributed by atoms with Crippen molar-refractivity contribution in [3.8, 4) is 0 Å². The van der Waals surface area contributed by atoms with Crippen molar-refractivity contribution >= 4 is 34.9 Å². The number of hydrogen-bond donors (Lipinski definition) is 2. The van der Waals surface area contributed by atoms with Crippen LogP contribution in [0, 0.1) is 40.9 Å². The Hall–Kier alpha value is -1.87. The van der Waals surface area contributed by atoms with Gasteiger partial charge >= 0.3 is 5.97 Å². The average Bonchev–Trinajstić information content (AvgIpc) is 3.69. The Bertz CT molecular complexity index is 1360. The van der Waals surface area contributed by atoms with E-state index in [1.807, 2.05) is 47.6 Å². The van der Waals surface area contributed by atoms with Crippen LogP contribution in [0.2, 0.25) is 0 Å². The van der Waals surface area contributed by atoms with Gasteiger partial charge in [-0.25, -0.2) is 0 Å². The van der Waals surface area contributed by atoms with E-state index in [1.165, 1.54) is 7.11 Å². The third-order valence-corrected chi connectivity index (χ3v) is 13.5. The second-order valence-electron chi connectivity index (χ2n) is 17.3. The SMILES string of the molecule is COC(=O)[C@]12CC(=O)[C@H](C(C)C)CC(=O)[C@H](C)CCC[C@H](C)CC(=O)[C@H]1CC(C)=C1[C@@H](O)C[C@](C)(O)[C@H](Cl)CC[C@]3(C)O[C@H]3CC/C(C)=C/[C@@H]12. The molecule has 0 unspecified atom stereocenters. The summed E-state index contributed by atoms with van der Waals surface area (Å²) in [7, 11) is 1.29. The molecule has 0 aromatic heterocycles. The van der Waals surface area contributed by atoms with Crippen LogP contribution >= 0.6 is 11.6 Å². The molecule has 282 valence electrons. The molecule has 11 atom stereocenters. The molecule has 2 fully saturated rings. The summed E-state index contributed by atoms with van der Waals surface area (Å²) in [6, 6.07) is 0. The summed E-state index contributed by atoms with van der Waals surface area (Å²) < 4.78 is 11.7. The molecular formula is C41H63ClO8. The molecular weight excluding hydrogens is 656 g/mol. The minimum Gasteiger partial charge on any atom is -0.469 e. The maximum atomic E-state index is 14.7. The van der Waals surface area contributed by atoms with Crippen molar-refractivity contribution in [2.45, 2.75) is 161 Å². The first-order valence-corrected chi connectivity index (χ1v) is 19.5. The highest BCUT2D eigenvalue weighted by Gasteiger charge is 2.60. The number of carbonyl (C=O) groups is 4. The van der Waals surface area contributed by atoms with Crippen LogP contribution in [-0.4, -0.2) is 69.4 Å². The van der Waals surface area contributed by atoms with Gasteiger partial charge in [0.15, 0.2) is 0 Å². The Balaban J connectivity index is 1.97. The molecule has 50 heavy (non-hydrogen) atoms. The Labute approximate surface area is 305 Å². The van der Waals surface area contributed by atoms with Crippen LogP contribution in [0.3, 0.4) is 0 Å². The number of alkyl halides is 1. The molecule has 1 saturated heterocycles. The van der Waals surface area contributed by atoms with Gasteiger partial charge in [0, 0.05) is 49.4 Å². The van der Waals surface area contributed by atoms with Crippen molar-refractivity contribution in [1.29, 1.82) is 0 Å². The quantitative estimate of drug-likeness (QED) is 0.130. The van der Waals surface area contributed by atoms with Crippen molar-refractivity contribution in [2.24, 2.45) is 40.9 Å². The molecule has 2 N–H and O–H groups in total. The van der Waals surface area contributed by atoms with Gasteiger partial charge < -0.3 is 19.7 Å². The monoisotopic (exact) mass is 718 g/mol. The molecule has 8 nitrogen and oxygen atoms in total. The summed E-state index contributed by atoms with van der Waals surface area (Å²) in [4.78, 5) is 57.5. The topological polar surface area (TPSA) is 130 Å². The largest absolute Gasteiger partial charge is 0.469 e. The lowest BCUT2D eigenvalue weighted by atomic mass is 9.52. The number of hydrogen-bond acceptors (Lipinski definition) is 8. The molecule has 1 saturated carbocycles. The van der Waals surface area contributed by atoms with Crippen LogP contribution in [0.1, 0.15) is 132 Å². The second-order valence-corrected chi connectivity index (χ2v) is 17.9. The molecule has 0 spiro atoms. The van der Waals surface area contributed by atoms with E-state index in [9.17, 15) is 29.4 Å². The van der Waals surface area contributed by atoms with Gasteiger partial charge in [-0.05, 0) is 83.6 Å². The minimum absolute atomic E-state index is 0.0170. The number of aliphatic hydroxyl groups excluding tert-OH is 1. The maximum absolute atomic E-state index is 14.7. The van der Waals surface area contributed by atoms with Gasteiger partial charge in [0.2, 0.25) is 0 Å². The Kier molecular flexibility index (Phi) is 13.1. The summed E-state index contributed by atoms with van der Waals surface area (Å²) in [5.74, 6) is -3.73. The third kappa shape index (κ3) is 8.66. The van der Waals surface area contributed by atoms with Crippen molar-refractivity contribution in [1.82, 2.24) is 0 Å². The molecule has 0 radical (unpaired) electrons. The highest BCUT2D eigenvalue weighted by Crippen LogP contribution is 2.56. The summed E-state index contributed by atoms with van der Waals surface area (Å²) in [6.07, 6.45) is 5.68. The molecule has 3 aliphatic carbocycles. The van der Waals surface area contributed by atoms with Gasteiger partial charge in [0.25, 0.3) is 0 Å². The molecule has 0 aromatic carbocycles. The highest BCUT2D eigenvalue weighted by molar-refractivity contribution is 6.21. The van der Waals surface area contributed by atoms with Crippen LogP contribution < -0.4 is 0 Å². The highest BCUT2D eigenvalue weighted by atomic mass is 35.5. The number of esters is 1. The Morgan fingerprint density at radius 1 is 1.00 bits per heavy atom. The summed E-state index contributed by atoms with van der Waals surface area (Å²) in [6.45, 7) is 15.3. The third-order valence-electron chi connectivity index (χ3n) is 12.8. The van der Waals surface area contributed by atoms with Crippen LogP contribution in [0.4, 0.5) is 0 Å². The van der Waals surface area contributed by atoms with E-state index in [2.05, 4.69) is 6.92 Å². The summed E-state index contributed by atoms with van der Waals surface area (Å²) in [5, 5.41) is 23.2. The maximum Gasteiger partial charge on any atom is 0.313 e. The van der Waals surface area contributed by atoms with Crippen LogP contribution in [-0.2, 0) is 28.7 Å². The first kappa shape index (κ1) is 40.9. The standard InChI is InChI=1S/C41H63ClO8/c1-23(2)28-20-31(43)26(5)12-10-11-24(3)18-32(44)29-19-27(6)37-30(41(29,22-33(28)45)38(47)49-9)17-25(4)13-14-36-40(8,50-36)16-15-35(42)39(7,48)21-34(37)46/h17,23-24,26,28-30,34-36,46,48H,10-16,18-22H2,1-9H3/b25-17+/t24-,26+,28-,29+,30-,34-,35+,36-,39-,40-,41+/m0/s1. The number of ether oxygens (including phenoxy) is 2. The molecule has 0 bridgehead atoms. The molecule has 0 amide bonds. The minimum atomic E-state index is -1.67. The normalized spacial score (nSPS) is 42.7. The zero-order valence-corrected chi connectivity index (χ0v) is 32.7. The number of halogens is 1. The van der Waals surface area contributed by atoms with E-state index >= 15 is 0 Å². The van der Waals surface area contributed by atoms with Gasteiger partial charge in [-0.2, -0.15) is 0 Å². The van der Waals surface area contributed by atoms with E-state index in [4.69, 9.17) is 21.1 Å². The van der Waals surface area contributed by atoms with Crippen LogP contribution in [0.5, 0.6) is 0 Å². The lowest BCUT2D eigenvalue weighted by Gasteiger charge is -2.49. The number of allylic oxidation sites excluding steroid dienone is 3. The number of rotatable bonds is 2. The molecule has 1 aliphatic heterocycles. The predicted octanol–water partition coefficient (Wildman–Crippen LogP) is 7.49. The molecule has 4 aliphatic rings. The van der Waals surface area contributed by atoms with E-state index in [0.717, 1.165) is 30.4 Å². The predicted molar refractivity (Wildman–Crippen MR) is 195 cm³/mol. The fourth-order valence-corrected chi connectivity index (χ4v) is 9.50. The number of carbonyl (C=O) groups excluding carboxylic acids is 4. The molecule has 1 heterocycles. The molecule has 0 aromatic rings. The molecule has 4 rings (SSSR count). The van der Waals surface area contributed by atoms with E-state index < -0.39 is 46.2 Å². The lowest BCUT2D eigenvalue weighted by molar-refractivity contribution is -0.166. The second kappa shape index (κ2) is 16.0. The number of epoxide rings is 1. The average molecular weight is 719 g/mol. The fourth-order valence-electron chi connectivity index (χ4n) is 9.30. The summed E-state index contributed by atoms with van der Waals surface area (Å²) >= 11 is 6.85. The Morgan fingerprint density at radius 2 is 1.68 bits per heavy atom. The van der Waals surface area contributed by atoms with Crippen molar-refractivity contribution in [3.63, 3.8) is 0 Å². The van der Waals surface area contributed by atoms with Crippen molar-refractivity contribution in [2.75, 3.05) is 7.11 Å². The van der Waals surface area contributed by atoms with Crippen molar-refractivity contribution < 1.29 is 38.9 Å². The number of ketones is 3. The summed E-state index contributed by atoms with van der Waals surface area (Å²) in [5.41, 5.74) is -1.24. The lowest BCUT2D eigenvalue weighted by Crippen LogP contribution is -2.55.